The van der Waals surface area contributed by atoms with Crippen molar-refractivity contribution in [3.05, 3.63) is 41.7 Å². The Morgan fingerprint density at radius 3 is 2.78 bits per heavy atom. The largest absolute Gasteiger partial charge is 0.495 e. The molecule has 96 valence electrons. The fourth-order valence-corrected chi connectivity index (χ4v) is 1.89. The minimum absolute atomic E-state index is 0.740. The van der Waals surface area contributed by atoms with Crippen molar-refractivity contribution in [2.45, 2.75) is 19.9 Å². The van der Waals surface area contributed by atoms with Crippen LogP contribution in [0.1, 0.15) is 18.3 Å². The van der Waals surface area contributed by atoms with Crippen LogP contribution in [-0.2, 0) is 20.0 Å². The maximum atomic E-state index is 5.31. The number of hydrogen-bond donors (Lipinski definition) is 1. The van der Waals surface area contributed by atoms with E-state index >= 15 is 0 Å². The van der Waals surface area contributed by atoms with E-state index in [0.29, 0.717) is 0 Å². The Hall–Kier alpha value is -1.97. The first-order valence-electron chi connectivity index (χ1n) is 6.13. The van der Waals surface area contributed by atoms with E-state index < -0.39 is 0 Å². The molecule has 0 aliphatic carbocycles. The number of methoxy groups -OCH3 is 1. The van der Waals surface area contributed by atoms with Crippen LogP contribution in [-0.4, -0.2) is 16.9 Å². The van der Waals surface area contributed by atoms with Crippen LogP contribution in [0.3, 0.4) is 0 Å². The summed E-state index contributed by atoms with van der Waals surface area (Å²) in [7, 11) is 3.65. The molecule has 0 atom stereocenters. The zero-order valence-electron chi connectivity index (χ0n) is 11.1. The molecular weight excluding hydrogens is 226 g/mol. The molecule has 0 unspecified atom stereocenters. The van der Waals surface area contributed by atoms with E-state index in [0.717, 1.165) is 35.8 Å². The predicted molar refractivity (Wildman–Crippen MR) is 72.9 cm³/mol. The predicted octanol–water partition coefficient (Wildman–Crippen LogP) is 2.60. The molecule has 0 saturated heterocycles. The van der Waals surface area contributed by atoms with Crippen molar-refractivity contribution in [3.63, 3.8) is 0 Å². The quantitative estimate of drug-likeness (QED) is 0.880. The molecule has 1 aromatic heterocycles. The summed E-state index contributed by atoms with van der Waals surface area (Å²) in [5.74, 6) is 0.857. The van der Waals surface area contributed by atoms with Crippen LogP contribution in [0.2, 0.25) is 0 Å². The molecule has 0 fully saturated rings. The number of aromatic nitrogens is 2. The van der Waals surface area contributed by atoms with Gasteiger partial charge in [0.15, 0.2) is 0 Å². The van der Waals surface area contributed by atoms with E-state index in [4.69, 9.17) is 4.74 Å². The Morgan fingerprint density at radius 1 is 1.33 bits per heavy atom. The highest BCUT2D eigenvalue weighted by molar-refractivity contribution is 5.56. The Labute approximate surface area is 108 Å². The molecule has 0 aliphatic heterocycles. The summed E-state index contributed by atoms with van der Waals surface area (Å²) in [4.78, 5) is 0. The van der Waals surface area contributed by atoms with Gasteiger partial charge in [-0.15, -0.1) is 0 Å². The standard InChI is InChI=1S/C14H19N3O/c1-4-11-9-12(17(2)16-11)10-15-13-7-5-6-8-14(13)18-3/h5-9,15H,4,10H2,1-3H3. The maximum Gasteiger partial charge on any atom is 0.141 e. The first-order valence-corrected chi connectivity index (χ1v) is 6.13. The topological polar surface area (TPSA) is 39.1 Å². The average molecular weight is 245 g/mol. The van der Waals surface area contributed by atoms with Crippen LogP contribution in [0, 0.1) is 0 Å². The maximum absolute atomic E-state index is 5.31. The summed E-state index contributed by atoms with van der Waals surface area (Å²) in [6, 6.07) is 10.0. The molecule has 1 heterocycles. The molecule has 0 spiro atoms. The van der Waals surface area contributed by atoms with Crippen LogP contribution in [0.25, 0.3) is 0 Å². The summed E-state index contributed by atoms with van der Waals surface area (Å²) in [5, 5.41) is 7.80. The molecule has 0 radical (unpaired) electrons. The lowest BCUT2D eigenvalue weighted by Crippen LogP contribution is -2.06. The Bertz CT molecular complexity index is 520. The minimum Gasteiger partial charge on any atom is -0.495 e. The molecule has 18 heavy (non-hydrogen) atoms. The van der Waals surface area contributed by atoms with Gasteiger partial charge in [-0.05, 0) is 24.6 Å². The van der Waals surface area contributed by atoms with Crippen LogP contribution in [0.5, 0.6) is 5.75 Å². The molecule has 0 amide bonds. The lowest BCUT2D eigenvalue weighted by atomic mass is 10.2. The molecule has 1 N–H and O–H groups in total. The second-order valence-electron chi connectivity index (χ2n) is 4.16. The SMILES string of the molecule is CCc1cc(CNc2ccccc2OC)n(C)n1. The third kappa shape index (κ3) is 2.64. The van der Waals surface area contributed by atoms with Gasteiger partial charge in [0.25, 0.3) is 0 Å². The van der Waals surface area contributed by atoms with Crippen molar-refractivity contribution in [1.29, 1.82) is 0 Å². The van der Waals surface area contributed by atoms with E-state index in [1.807, 2.05) is 36.0 Å². The second kappa shape index (κ2) is 5.58. The smallest absolute Gasteiger partial charge is 0.141 e. The van der Waals surface area contributed by atoms with Gasteiger partial charge in [-0.3, -0.25) is 4.68 Å². The van der Waals surface area contributed by atoms with Gasteiger partial charge in [-0.1, -0.05) is 19.1 Å². The van der Waals surface area contributed by atoms with Gasteiger partial charge in [-0.2, -0.15) is 5.10 Å². The molecule has 1 aromatic carbocycles. The summed E-state index contributed by atoms with van der Waals surface area (Å²) in [6.07, 6.45) is 0.961. The van der Waals surface area contributed by atoms with Gasteiger partial charge in [0.2, 0.25) is 0 Å². The highest BCUT2D eigenvalue weighted by atomic mass is 16.5. The number of hydrogen-bond acceptors (Lipinski definition) is 3. The van der Waals surface area contributed by atoms with Crippen molar-refractivity contribution >= 4 is 5.69 Å². The molecule has 0 aliphatic rings. The van der Waals surface area contributed by atoms with E-state index in [-0.39, 0.29) is 0 Å². The number of anilines is 1. The number of nitrogens with zero attached hydrogens (tertiary/aromatic N) is 2. The van der Waals surface area contributed by atoms with E-state index in [1.54, 1.807) is 7.11 Å². The normalized spacial score (nSPS) is 10.4. The summed E-state index contributed by atoms with van der Waals surface area (Å²) < 4.78 is 7.22. The van der Waals surface area contributed by atoms with Gasteiger partial charge >= 0.3 is 0 Å². The summed E-state index contributed by atoms with van der Waals surface area (Å²) >= 11 is 0. The third-order valence-electron chi connectivity index (χ3n) is 2.96. The molecule has 4 heteroatoms. The van der Waals surface area contributed by atoms with Crippen LogP contribution < -0.4 is 10.1 Å². The fourth-order valence-electron chi connectivity index (χ4n) is 1.89. The van der Waals surface area contributed by atoms with Gasteiger partial charge in [0, 0.05) is 7.05 Å². The lowest BCUT2D eigenvalue weighted by Gasteiger charge is -2.10. The van der Waals surface area contributed by atoms with Crippen molar-refractivity contribution in [3.8, 4) is 5.75 Å². The molecule has 2 aromatic rings. The first kappa shape index (κ1) is 12.5. The van der Waals surface area contributed by atoms with E-state index in [1.165, 1.54) is 0 Å². The zero-order chi connectivity index (χ0) is 13.0. The van der Waals surface area contributed by atoms with Crippen LogP contribution in [0.15, 0.2) is 30.3 Å². The number of rotatable bonds is 5. The number of ether oxygens (including phenoxy) is 1. The fraction of sp³-hybridized carbons (Fsp3) is 0.357. The minimum atomic E-state index is 0.740. The Morgan fingerprint density at radius 2 is 2.11 bits per heavy atom. The van der Waals surface area contributed by atoms with Crippen molar-refractivity contribution in [1.82, 2.24) is 9.78 Å². The Balaban J connectivity index is 2.08. The van der Waals surface area contributed by atoms with Gasteiger partial charge in [-0.25, -0.2) is 0 Å². The highest BCUT2D eigenvalue weighted by Crippen LogP contribution is 2.23. The van der Waals surface area contributed by atoms with Gasteiger partial charge in [0.1, 0.15) is 5.75 Å². The van der Waals surface area contributed by atoms with Crippen LogP contribution in [0.4, 0.5) is 5.69 Å². The Kier molecular flexibility index (Phi) is 3.87. The molecule has 4 nitrogen and oxygen atoms in total. The van der Waals surface area contributed by atoms with Crippen LogP contribution >= 0.6 is 0 Å². The second-order valence-corrected chi connectivity index (χ2v) is 4.16. The first-order chi connectivity index (χ1) is 8.74. The molecule has 0 saturated carbocycles. The lowest BCUT2D eigenvalue weighted by molar-refractivity contribution is 0.416. The van der Waals surface area contributed by atoms with Crippen molar-refractivity contribution < 1.29 is 4.74 Å². The van der Waals surface area contributed by atoms with Crippen molar-refractivity contribution in [2.75, 3.05) is 12.4 Å². The summed E-state index contributed by atoms with van der Waals surface area (Å²) in [5.41, 5.74) is 3.28. The molecule has 2 rings (SSSR count). The number of benzene rings is 1. The number of aryl methyl sites for hydroxylation is 2. The van der Waals surface area contributed by atoms with Crippen molar-refractivity contribution in [2.24, 2.45) is 7.05 Å². The van der Waals surface area contributed by atoms with E-state index in [9.17, 15) is 0 Å². The highest BCUT2D eigenvalue weighted by Gasteiger charge is 2.05. The monoisotopic (exact) mass is 245 g/mol. The zero-order valence-corrected chi connectivity index (χ0v) is 11.1. The average Bonchev–Trinajstić information content (AvgIpc) is 2.77. The van der Waals surface area contributed by atoms with Gasteiger partial charge < -0.3 is 10.1 Å². The number of nitrogens with one attached hydrogen (secondary N) is 1. The number of para-hydroxylation sites is 2. The van der Waals surface area contributed by atoms with E-state index in [2.05, 4.69) is 23.4 Å². The van der Waals surface area contributed by atoms with Gasteiger partial charge in [0.05, 0.1) is 30.7 Å². The molecular formula is C14H19N3O. The summed E-state index contributed by atoms with van der Waals surface area (Å²) in [6.45, 7) is 2.85. The third-order valence-corrected chi connectivity index (χ3v) is 2.96. The molecule has 0 bridgehead atoms.